The zero-order valence-electron chi connectivity index (χ0n) is 12.2. The number of carbonyl (C=O) groups excluding carboxylic acids is 2. The zero-order valence-corrected chi connectivity index (χ0v) is 13.0. The third-order valence-electron chi connectivity index (χ3n) is 2.97. The van der Waals surface area contributed by atoms with Crippen molar-refractivity contribution < 1.29 is 19.1 Å². The van der Waals surface area contributed by atoms with Crippen LogP contribution in [0, 0.1) is 0 Å². The van der Waals surface area contributed by atoms with E-state index in [0.717, 1.165) is 0 Å². The Morgan fingerprint density at radius 2 is 1.95 bits per heavy atom. The van der Waals surface area contributed by atoms with E-state index in [9.17, 15) is 9.59 Å². The van der Waals surface area contributed by atoms with Crippen molar-refractivity contribution in [3.8, 4) is 0 Å². The third-order valence-corrected chi connectivity index (χ3v) is 3.44. The van der Waals surface area contributed by atoms with E-state index in [4.69, 9.17) is 17.0 Å². The van der Waals surface area contributed by atoms with Crippen molar-refractivity contribution in [1.29, 1.82) is 0 Å². The van der Waals surface area contributed by atoms with E-state index in [1.54, 1.807) is 24.0 Å². The average molecular weight is 323 g/mol. The highest BCUT2D eigenvalue weighted by molar-refractivity contribution is 7.80. The molecule has 7 nitrogen and oxygen atoms in total. The predicted octanol–water partition coefficient (Wildman–Crippen LogP) is 2.25. The Balaban J connectivity index is 1.85. The molecule has 1 aliphatic rings. The molecule has 0 aliphatic carbocycles. The lowest BCUT2D eigenvalue weighted by Gasteiger charge is -2.20. The number of nitrogens with one attached hydrogen (secondary N) is 1. The van der Waals surface area contributed by atoms with E-state index < -0.39 is 6.16 Å². The molecule has 0 bridgehead atoms. The van der Waals surface area contributed by atoms with Gasteiger partial charge in [-0.15, -0.1) is 0 Å². The Morgan fingerprint density at radius 3 is 2.64 bits per heavy atom. The van der Waals surface area contributed by atoms with Gasteiger partial charge in [0.05, 0.1) is 6.61 Å². The molecule has 8 heteroatoms. The van der Waals surface area contributed by atoms with Gasteiger partial charge in [0.15, 0.2) is 11.8 Å². The highest BCUT2D eigenvalue weighted by Gasteiger charge is 2.30. The molecule has 22 heavy (non-hydrogen) atoms. The minimum absolute atomic E-state index is 0.0349. The number of urea groups is 1. The smallest absolute Gasteiger partial charge is 0.435 e. The van der Waals surface area contributed by atoms with Crippen LogP contribution in [0.25, 0.3) is 0 Å². The fourth-order valence-electron chi connectivity index (χ4n) is 1.89. The van der Waals surface area contributed by atoms with Crippen LogP contribution in [0.5, 0.6) is 0 Å². The first-order valence-electron chi connectivity index (χ1n) is 6.84. The summed E-state index contributed by atoms with van der Waals surface area (Å²) in [7, 11) is 0. The Hall–Kier alpha value is -2.35. The van der Waals surface area contributed by atoms with Crippen molar-refractivity contribution in [3.05, 3.63) is 30.3 Å². The van der Waals surface area contributed by atoms with Gasteiger partial charge in [-0.25, -0.2) is 9.59 Å². The fraction of sp³-hybridized carbons (Fsp3) is 0.357. The van der Waals surface area contributed by atoms with Crippen LogP contribution in [0.1, 0.15) is 6.92 Å². The Labute approximate surface area is 133 Å². The largest absolute Gasteiger partial charge is 0.509 e. The molecule has 1 aromatic rings. The number of hydrogen-bond acceptors (Lipinski definition) is 5. The van der Waals surface area contributed by atoms with E-state index in [1.807, 2.05) is 18.2 Å². The number of anilines is 1. The standard InChI is InChI=1S/C14H17N3O4S/c1-2-20-14(19)21-10-16-8-9-17(13(16)22)12(18)15-11-6-4-3-5-7-11/h3-7H,2,8-10H2,1H3,(H,15,18). The second-order valence-corrected chi connectivity index (χ2v) is 4.82. The maximum absolute atomic E-state index is 12.2. The molecule has 0 radical (unpaired) electrons. The minimum Gasteiger partial charge on any atom is -0.435 e. The molecular weight excluding hydrogens is 306 g/mol. The van der Waals surface area contributed by atoms with Crippen molar-refractivity contribution in [2.75, 3.05) is 31.7 Å². The minimum atomic E-state index is -0.752. The van der Waals surface area contributed by atoms with Gasteiger partial charge in [-0.1, -0.05) is 18.2 Å². The van der Waals surface area contributed by atoms with Gasteiger partial charge in [-0.05, 0) is 31.3 Å². The van der Waals surface area contributed by atoms with E-state index in [-0.39, 0.29) is 19.4 Å². The van der Waals surface area contributed by atoms with Crippen LogP contribution < -0.4 is 5.32 Å². The van der Waals surface area contributed by atoms with Gasteiger partial charge in [0.25, 0.3) is 0 Å². The van der Waals surface area contributed by atoms with Gasteiger partial charge in [-0.3, -0.25) is 4.90 Å². The molecule has 0 atom stereocenters. The van der Waals surface area contributed by atoms with Gasteiger partial charge in [0.2, 0.25) is 0 Å². The van der Waals surface area contributed by atoms with E-state index in [2.05, 4.69) is 10.1 Å². The summed E-state index contributed by atoms with van der Waals surface area (Å²) in [6, 6.07) is 8.80. The molecule has 0 aromatic heterocycles. The van der Waals surface area contributed by atoms with Gasteiger partial charge in [0, 0.05) is 18.8 Å². The van der Waals surface area contributed by atoms with Gasteiger partial charge in [-0.2, -0.15) is 0 Å². The molecule has 0 unspecified atom stereocenters. The van der Waals surface area contributed by atoms with Crippen molar-refractivity contribution in [3.63, 3.8) is 0 Å². The molecular formula is C14H17N3O4S. The molecule has 1 aromatic carbocycles. The lowest BCUT2D eigenvalue weighted by Crippen LogP contribution is -2.39. The molecule has 1 heterocycles. The van der Waals surface area contributed by atoms with Crippen molar-refractivity contribution in [2.45, 2.75) is 6.92 Å². The quantitative estimate of drug-likeness (QED) is 0.677. The molecule has 0 saturated carbocycles. The molecule has 118 valence electrons. The molecule has 1 N–H and O–H groups in total. The Kier molecular flexibility index (Phi) is 5.54. The maximum Gasteiger partial charge on any atom is 0.509 e. The lowest BCUT2D eigenvalue weighted by molar-refractivity contribution is 0.0360. The number of para-hydroxylation sites is 1. The highest BCUT2D eigenvalue weighted by Crippen LogP contribution is 2.13. The Morgan fingerprint density at radius 1 is 1.23 bits per heavy atom. The van der Waals surface area contributed by atoms with Gasteiger partial charge in [0.1, 0.15) is 0 Å². The number of hydrogen-bond donors (Lipinski definition) is 1. The number of carbonyl (C=O) groups is 2. The van der Waals surface area contributed by atoms with Crippen LogP contribution >= 0.6 is 12.2 Å². The zero-order chi connectivity index (χ0) is 15.9. The molecule has 1 aliphatic heterocycles. The third kappa shape index (κ3) is 4.08. The van der Waals surface area contributed by atoms with Crippen LogP contribution in [0.4, 0.5) is 15.3 Å². The van der Waals surface area contributed by atoms with Gasteiger partial charge < -0.3 is 19.7 Å². The first-order chi connectivity index (χ1) is 10.6. The van der Waals surface area contributed by atoms with Gasteiger partial charge >= 0.3 is 12.2 Å². The summed E-state index contributed by atoms with van der Waals surface area (Å²) in [5, 5.41) is 3.08. The van der Waals surface area contributed by atoms with E-state index in [0.29, 0.717) is 23.9 Å². The number of benzene rings is 1. The first kappa shape index (κ1) is 16.0. The molecule has 1 saturated heterocycles. The monoisotopic (exact) mass is 323 g/mol. The number of rotatable bonds is 4. The number of thiocarbonyl (C=S) groups is 1. The summed E-state index contributed by atoms with van der Waals surface area (Å²) in [4.78, 5) is 26.4. The summed E-state index contributed by atoms with van der Waals surface area (Å²) in [5.41, 5.74) is 0.691. The summed E-state index contributed by atoms with van der Waals surface area (Å²) < 4.78 is 9.57. The van der Waals surface area contributed by atoms with Crippen molar-refractivity contribution in [1.82, 2.24) is 9.80 Å². The van der Waals surface area contributed by atoms with Crippen LogP contribution in [-0.2, 0) is 9.47 Å². The van der Waals surface area contributed by atoms with E-state index in [1.165, 1.54) is 4.90 Å². The van der Waals surface area contributed by atoms with Crippen LogP contribution in [-0.4, -0.2) is 53.5 Å². The van der Waals surface area contributed by atoms with Crippen LogP contribution in [0.3, 0.4) is 0 Å². The normalized spacial score (nSPS) is 14.0. The number of ether oxygens (including phenoxy) is 2. The molecule has 0 spiro atoms. The summed E-state index contributed by atoms with van der Waals surface area (Å²) in [6.45, 7) is 2.84. The SMILES string of the molecule is CCOC(=O)OCN1CCN(C(=O)Nc2ccccc2)C1=S. The molecule has 2 rings (SSSR count). The average Bonchev–Trinajstić information content (AvgIpc) is 2.87. The Bertz CT molecular complexity index is 552. The fourth-order valence-corrected chi connectivity index (χ4v) is 2.21. The van der Waals surface area contributed by atoms with Crippen LogP contribution in [0.2, 0.25) is 0 Å². The summed E-state index contributed by atoms with van der Waals surface area (Å²) in [6.07, 6.45) is -0.752. The maximum atomic E-state index is 12.2. The number of amides is 2. The summed E-state index contributed by atoms with van der Waals surface area (Å²) >= 11 is 5.23. The second kappa shape index (κ2) is 7.60. The summed E-state index contributed by atoms with van der Waals surface area (Å²) in [5.74, 6) is 0. The molecule has 1 fully saturated rings. The second-order valence-electron chi connectivity index (χ2n) is 4.45. The van der Waals surface area contributed by atoms with E-state index >= 15 is 0 Å². The predicted molar refractivity (Wildman–Crippen MR) is 84.4 cm³/mol. The van der Waals surface area contributed by atoms with Crippen molar-refractivity contribution in [2.24, 2.45) is 0 Å². The lowest BCUT2D eigenvalue weighted by atomic mass is 10.3. The molecule has 2 amide bonds. The topological polar surface area (TPSA) is 71.1 Å². The van der Waals surface area contributed by atoms with Crippen molar-refractivity contribution >= 4 is 35.2 Å². The first-order valence-corrected chi connectivity index (χ1v) is 7.24. The number of nitrogens with zero attached hydrogens (tertiary/aromatic N) is 2. The highest BCUT2D eigenvalue weighted by atomic mass is 32.1. The van der Waals surface area contributed by atoms with Crippen LogP contribution in [0.15, 0.2) is 30.3 Å².